The summed E-state index contributed by atoms with van der Waals surface area (Å²) in [5.74, 6) is 0.734. The van der Waals surface area contributed by atoms with Crippen molar-refractivity contribution in [2.45, 2.75) is 11.7 Å². The number of rotatable bonds is 5. The monoisotopic (exact) mass is 507 g/mol. The van der Waals surface area contributed by atoms with Gasteiger partial charge in [-0.1, -0.05) is 103 Å². The molecular weight excluding hydrogens is 483 g/mol. The second-order valence-corrected chi connectivity index (χ2v) is 9.25. The Kier molecular flexibility index (Phi) is 5.87. The summed E-state index contributed by atoms with van der Waals surface area (Å²) in [6.45, 7) is 0.465. The van der Waals surface area contributed by atoms with Crippen LogP contribution in [0.25, 0.3) is 11.1 Å². The molecule has 188 valence electrons. The van der Waals surface area contributed by atoms with Crippen molar-refractivity contribution in [2.75, 3.05) is 16.9 Å². The van der Waals surface area contributed by atoms with Crippen molar-refractivity contribution in [3.63, 3.8) is 0 Å². The van der Waals surface area contributed by atoms with Gasteiger partial charge in [-0.15, -0.1) is 0 Å². The molecule has 1 aliphatic heterocycles. The third kappa shape index (κ3) is 3.98. The normalized spacial score (nSPS) is 13.2. The number of benzene rings is 4. The molecule has 0 amide bonds. The first-order valence-corrected chi connectivity index (χ1v) is 12.3. The fourth-order valence-electron chi connectivity index (χ4n) is 5.36. The van der Waals surface area contributed by atoms with Gasteiger partial charge in [0.15, 0.2) is 5.82 Å². The van der Waals surface area contributed by atoms with Crippen molar-refractivity contribution in [3.05, 3.63) is 150 Å². The molecule has 6 heteroatoms. The smallest absolute Gasteiger partial charge is 0.365 e. The number of alkyl halides is 3. The number of anilines is 2. The lowest BCUT2D eigenvalue weighted by molar-refractivity contribution is -0.137. The van der Waals surface area contributed by atoms with Crippen molar-refractivity contribution >= 4 is 11.5 Å². The van der Waals surface area contributed by atoms with Crippen LogP contribution in [0.4, 0.5) is 24.7 Å². The van der Waals surface area contributed by atoms with E-state index in [1.807, 2.05) is 60.7 Å². The number of aromatic nitrogens is 1. The number of nitrogens with one attached hydrogen (secondary N) is 1. The molecule has 38 heavy (non-hydrogen) atoms. The molecule has 1 N–H and O–H groups in total. The molecule has 2 heterocycles. The maximum atomic E-state index is 13.3. The van der Waals surface area contributed by atoms with E-state index in [9.17, 15) is 13.2 Å². The van der Waals surface area contributed by atoms with Crippen LogP contribution < -0.4 is 10.2 Å². The second kappa shape index (κ2) is 9.38. The van der Waals surface area contributed by atoms with Gasteiger partial charge in [-0.2, -0.15) is 13.2 Å². The summed E-state index contributed by atoms with van der Waals surface area (Å²) in [6.07, 6.45) is -2.75. The van der Waals surface area contributed by atoms with Crippen LogP contribution in [0.15, 0.2) is 128 Å². The van der Waals surface area contributed by atoms with Crippen LogP contribution in [0.2, 0.25) is 0 Å². The van der Waals surface area contributed by atoms with Crippen LogP contribution in [0.5, 0.6) is 0 Å². The van der Waals surface area contributed by atoms with Gasteiger partial charge in [-0.3, -0.25) is 0 Å². The Hall–Kier alpha value is -4.58. The lowest BCUT2D eigenvalue weighted by Crippen LogP contribution is -2.48. The van der Waals surface area contributed by atoms with E-state index in [0.717, 1.165) is 34.3 Å². The first kappa shape index (κ1) is 23.8. The maximum Gasteiger partial charge on any atom is 0.416 e. The Morgan fingerprint density at radius 2 is 1.13 bits per heavy atom. The standard InChI is InChI=1S/C32H24F3N3/c33-32(34,35)28-18-10-11-23(19-28)24-20-29-30(36-21-24)38(22-37-29)31(25-12-4-1-5-13-25,26-14-6-2-7-15-26)27-16-8-3-9-17-27/h1-21,37H,22H2. The van der Waals surface area contributed by atoms with E-state index >= 15 is 0 Å². The predicted octanol–water partition coefficient (Wildman–Crippen LogP) is 7.95. The first-order valence-electron chi connectivity index (χ1n) is 12.3. The molecule has 4 aromatic carbocycles. The average Bonchev–Trinajstić information content (AvgIpc) is 3.39. The van der Waals surface area contributed by atoms with Crippen LogP contribution in [-0.2, 0) is 11.7 Å². The molecule has 1 aliphatic rings. The van der Waals surface area contributed by atoms with Crippen molar-refractivity contribution in [2.24, 2.45) is 0 Å². The summed E-state index contributed by atoms with van der Waals surface area (Å²) < 4.78 is 40.0. The van der Waals surface area contributed by atoms with Crippen molar-refractivity contribution in [1.82, 2.24) is 4.98 Å². The second-order valence-electron chi connectivity index (χ2n) is 9.25. The van der Waals surface area contributed by atoms with Crippen LogP contribution in [0.3, 0.4) is 0 Å². The molecule has 1 aromatic heterocycles. The topological polar surface area (TPSA) is 28.2 Å². The zero-order chi connectivity index (χ0) is 26.2. The van der Waals surface area contributed by atoms with E-state index in [2.05, 4.69) is 46.6 Å². The summed E-state index contributed by atoms with van der Waals surface area (Å²) in [5, 5.41) is 3.46. The molecule has 0 saturated heterocycles. The summed E-state index contributed by atoms with van der Waals surface area (Å²) >= 11 is 0. The summed E-state index contributed by atoms with van der Waals surface area (Å²) in [7, 11) is 0. The Labute approximate surface area is 219 Å². The van der Waals surface area contributed by atoms with Crippen LogP contribution in [-0.4, -0.2) is 11.7 Å². The van der Waals surface area contributed by atoms with Gasteiger partial charge in [-0.05, 0) is 40.5 Å². The fraction of sp³-hybridized carbons (Fsp3) is 0.0938. The van der Waals surface area contributed by atoms with Gasteiger partial charge in [0, 0.05) is 11.8 Å². The molecule has 0 fully saturated rings. The number of halogens is 3. The van der Waals surface area contributed by atoms with E-state index in [-0.39, 0.29) is 0 Å². The first-order chi connectivity index (χ1) is 18.5. The molecule has 0 unspecified atom stereocenters. The number of pyridine rings is 1. The van der Waals surface area contributed by atoms with Crippen LogP contribution >= 0.6 is 0 Å². The van der Waals surface area contributed by atoms with Crippen molar-refractivity contribution < 1.29 is 13.2 Å². The highest BCUT2D eigenvalue weighted by atomic mass is 19.4. The van der Waals surface area contributed by atoms with Gasteiger partial charge in [0.05, 0.1) is 17.9 Å². The zero-order valence-corrected chi connectivity index (χ0v) is 20.4. The third-order valence-corrected chi connectivity index (χ3v) is 7.05. The summed E-state index contributed by atoms with van der Waals surface area (Å²) in [5.41, 5.74) is 3.72. The van der Waals surface area contributed by atoms with E-state index in [0.29, 0.717) is 17.8 Å². The molecule has 3 nitrogen and oxygen atoms in total. The third-order valence-electron chi connectivity index (χ3n) is 7.05. The maximum absolute atomic E-state index is 13.3. The SMILES string of the molecule is FC(F)(F)c1cccc(-c2cnc3c(c2)NCN3C(c2ccccc2)(c2ccccc2)c2ccccc2)c1. The van der Waals surface area contributed by atoms with Gasteiger partial charge in [-0.25, -0.2) is 4.98 Å². The van der Waals surface area contributed by atoms with Gasteiger partial charge in [0.25, 0.3) is 0 Å². The molecule has 0 saturated carbocycles. The number of hydrogen-bond donors (Lipinski definition) is 1. The lowest BCUT2D eigenvalue weighted by atomic mass is 9.75. The van der Waals surface area contributed by atoms with E-state index in [1.54, 1.807) is 12.3 Å². The number of nitrogens with zero attached hydrogens (tertiary/aromatic N) is 2. The minimum absolute atomic E-state index is 0.465. The summed E-state index contributed by atoms with van der Waals surface area (Å²) in [6, 6.07) is 38.1. The fourth-order valence-corrected chi connectivity index (χ4v) is 5.36. The Morgan fingerprint density at radius 1 is 0.605 bits per heavy atom. The van der Waals surface area contributed by atoms with Crippen molar-refractivity contribution in [3.8, 4) is 11.1 Å². The quantitative estimate of drug-likeness (QED) is 0.245. The van der Waals surface area contributed by atoms with E-state index in [1.165, 1.54) is 12.1 Å². The average molecular weight is 508 g/mol. The van der Waals surface area contributed by atoms with Crippen LogP contribution in [0, 0.1) is 0 Å². The molecular formula is C32H24F3N3. The number of hydrogen-bond acceptors (Lipinski definition) is 3. The molecule has 0 bridgehead atoms. The Balaban J connectivity index is 1.53. The summed E-state index contributed by atoms with van der Waals surface area (Å²) in [4.78, 5) is 7.07. The van der Waals surface area contributed by atoms with E-state index in [4.69, 9.17) is 4.98 Å². The molecule has 5 aromatic rings. The van der Waals surface area contributed by atoms with Gasteiger partial charge in [0.1, 0.15) is 5.54 Å². The largest absolute Gasteiger partial charge is 0.416 e. The Morgan fingerprint density at radius 3 is 1.66 bits per heavy atom. The molecule has 0 spiro atoms. The molecule has 0 radical (unpaired) electrons. The van der Waals surface area contributed by atoms with Gasteiger partial charge >= 0.3 is 6.18 Å². The van der Waals surface area contributed by atoms with E-state index < -0.39 is 17.3 Å². The Bertz CT molecular complexity index is 1460. The molecule has 6 rings (SSSR count). The zero-order valence-electron chi connectivity index (χ0n) is 20.4. The predicted molar refractivity (Wildman–Crippen MR) is 145 cm³/mol. The van der Waals surface area contributed by atoms with Crippen LogP contribution in [0.1, 0.15) is 22.3 Å². The minimum atomic E-state index is -4.41. The van der Waals surface area contributed by atoms with Crippen molar-refractivity contribution in [1.29, 1.82) is 0 Å². The highest BCUT2D eigenvalue weighted by molar-refractivity contribution is 5.80. The minimum Gasteiger partial charge on any atom is -0.365 e. The van der Waals surface area contributed by atoms with Gasteiger partial charge < -0.3 is 10.2 Å². The highest BCUT2D eigenvalue weighted by Crippen LogP contribution is 2.48. The van der Waals surface area contributed by atoms with Gasteiger partial charge in [0.2, 0.25) is 0 Å². The number of fused-ring (bicyclic) bond motifs is 1. The lowest BCUT2D eigenvalue weighted by Gasteiger charge is -2.44. The molecule has 0 aliphatic carbocycles. The molecule has 0 atom stereocenters. The highest BCUT2D eigenvalue weighted by Gasteiger charge is 2.45.